The Kier molecular flexibility index (Phi) is 4.96. The third-order valence-corrected chi connectivity index (χ3v) is 4.11. The summed E-state index contributed by atoms with van der Waals surface area (Å²) in [4.78, 5) is 14.2. The van der Waals surface area contributed by atoms with Crippen LogP contribution < -0.4 is 0 Å². The lowest BCUT2D eigenvalue weighted by Crippen LogP contribution is -2.41. The Balaban J connectivity index is 2.19. The normalized spacial score (nSPS) is 23.3. The maximum Gasteiger partial charge on any atom is 0.310 e. The predicted molar refractivity (Wildman–Crippen MR) is 80.7 cm³/mol. The van der Waals surface area contributed by atoms with Gasteiger partial charge in [-0.2, -0.15) is 0 Å². The zero-order valence-corrected chi connectivity index (χ0v) is 12.3. The van der Waals surface area contributed by atoms with E-state index in [4.69, 9.17) is 4.74 Å². The van der Waals surface area contributed by atoms with Crippen LogP contribution in [0.1, 0.15) is 23.5 Å². The van der Waals surface area contributed by atoms with E-state index in [1.54, 1.807) is 0 Å². The lowest BCUT2D eigenvalue weighted by molar-refractivity contribution is -0.148. The van der Waals surface area contributed by atoms with Gasteiger partial charge in [0.25, 0.3) is 0 Å². The van der Waals surface area contributed by atoms with Gasteiger partial charge < -0.3 is 9.64 Å². The number of hydrogen-bond donors (Lipinski definition) is 0. The fraction of sp³-hybridized carbons (Fsp3) is 0.471. The number of carbonyl (C=O) groups excluding carboxylic acids is 1. The third kappa shape index (κ3) is 3.28. The number of methoxy groups -OCH3 is 1. The van der Waals surface area contributed by atoms with Gasteiger partial charge in [-0.1, -0.05) is 30.3 Å². The zero-order chi connectivity index (χ0) is 14.5. The maximum atomic E-state index is 12.0. The molecular weight excluding hydrogens is 250 g/mol. The molecule has 3 nitrogen and oxygen atoms in total. The molecule has 1 saturated heterocycles. The van der Waals surface area contributed by atoms with Crippen molar-refractivity contribution in [2.45, 2.75) is 18.8 Å². The number of piperidine rings is 1. The van der Waals surface area contributed by atoms with Crippen LogP contribution in [0.25, 0.3) is 0 Å². The quantitative estimate of drug-likeness (QED) is 0.624. The minimum atomic E-state index is -0.100. The minimum absolute atomic E-state index is 0.0657. The van der Waals surface area contributed by atoms with E-state index in [2.05, 4.69) is 42.8 Å². The van der Waals surface area contributed by atoms with Crippen molar-refractivity contribution < 1.29 is 9.53 Å². The highest BCUT2D eigenvalue weighted by Crippen LogP contribution is 2.33. The molecule has 108 valence electrons. The van der Waals surface area contributed by atoms with Gasteiger partial charge in [-0.05, 0) is 43.5 Å². The van der Waals surface area contributed by atoms with Crippen LogP contribution in [0.5, 0.6) is 0 Å². The molecule has 1 heterocycles. The number of rotatable bonds is 4. The first kappa shape index (κ1) is 14.8. The molecule has 0 aromatic heterocycles. The van der Waals surface area contributed by atoms with Crippen LogP contribution in [-0.4, -0.2) is 38.1 Å². The van der Waals surface area contributed by atoms with Crippen LogP contribution in [0, 0.1) is 5.92 Å². The number of hydrogen-bond acceptors (Lipinski definition) is 3. The van der Waals surface area contributed by atoms with Crippen molar-refractivity contribution in [1.82, 2.24) is 4.90 Å². The van der Waals surface area contributed by atoms with Gasteiger partial charge in [0.05, 0.1) is 13.0 Å². The van der Waals surface area contributed by atoms with Gasteiger partial charge >= 0.3 is 5.97 Å². The molecule has 20 heavy (non-hydrogen) atoms. The fourth-order valence-corrected chi connectivity index (χ4v) is 2.97. The average molecular weight is 273 g/mol. The summed E-state index contributed by atoms with van der Waals surface area (Å²) in [5.41, 5.74) is 2.49. The van der Waals surface area contributed by atoms with Crippen molar-refractivity contribution in [1.29, 1.82) is 0 Å². The standard InChI is InChI=1S/C17H23NO2/c1-4-5-13-6-8-14(9-7-13)15-10-11-18(2)12-16(15)17(19)20-3/h4,6-9,15-16H,1,5,10-12H2,2-3H3/t15-,16-/m1/s1. The Hall–Kier alpha value is -1.61. The molecule has 0 aliphatic carbocycles. The SMILES string of the molecule is C=CCc1ccc([C@H]2CCN(C)C[C@H]2C(=O)OC)cc1. The highest BCUT2D eigenvalue weighted by atomic mass is 16.5. The summed E-state index contributed by atoms with van der Waals surface area (Å²) in [6.45, 7) is 5.55. The summed E-state index contributed by atoms with van der Waals surface area (Å²) >= 11 is 0. The molecule has 2 atom stereocenters. The van der Waals surface area contributed by atoms with Crippen molar-refractivity contribution >= 4 is 5.97 Å². The molecule has 0 bridgehead atoms. The van der Waals surface area contributed by atoms with Gasteiger partial charge in [0.2, 0.25) is 0 Å². The van der Waals surface area contributed by atoms with Gasteiger partial charge in [0.1, 0.15) is 0 Å². The van der Waals surface area contributed by atoms with E-state index in [-0.39, 0.29) is 17.8 Å². The molecule has 1 aliphatic heterocycles. The van der Waals surface area contributed by atoms with Gasteiger partial charge in [0.15, 0.2) is 0 Å². The first-order chi connectivity index (χ1) is 9.65. The first-order valence-electron chi connectivity index (χ1n) is 7.11. The second-order valence-electron chi connectivity index (χ2n) is 5.52. The highest BCUT2D eigenvalue weighted by Gasteiger charge is 2.34. The molecule has 0 spiro atoms. The number of nitrogens with zero attached hydrogens (tertiary/aromatic N) is 1. The van der Waals surface area contributed by atoms with Crippen LogP contribution in [0.4, 0.5) is 0 Å². The van der Waals surface area contributed by atoms with Crippen molar-refractivity contribution in [3.05, 3.63) is 48.0 Å². The van der Waals surface area contributed by atoms with Crippen molar-refractivity contribution in [2.24, 2.45) is 5.92 Å². The van der Waals surface area contributed by atoms with Gasteiger partial charge in [0, 0.05) is 6.54 Å². The summed E-state index contributed by atoms with van der Waals surface area (Å²) in [6.07, 6.45) is 3.78. The second kappa shape index (κ2) is 6.71. The van der Waals surface area contributed by atoms with Crippen LogP contribution >= 0.6 is 0 Å². The molecule has 0 amide bonds. The molecular formula is C17H23NO2. The molecule has 0 radical (unpaired) electrons. The summed E-state index contributed by atoms with van der Waals surface area (Å²) in [6, 6.07) is 8.54. The fourth-order valence-electron chi connectivity index (χ4n) is 2.97. The average Bonchev–Trinajstić information content (AvgIpc) is 2.47. The number of esters is 1. The van der Waals surface area contributed by atoms with Crippen molar-refractivity contribution in [2.75, 3.05) is 27.2 Å². The second-order valence-corrected chi connectivity index (χ2v) is 5.52. The van der Waals surface area contributed by atoms with Crippen LogP contribution in [0.3, 0.4) is 0 Å². The van der Waals surface area contributed by atoms with E-state index in [9.17, 15) is 4.79 Å². The lowest BCUT2D eigenvalue weighted by Gasteiger charge is -2.35. The zero-order valence-electron chi connectivity index (χ0n) is 12.3. The number of ether oxygens (including phenoxy) is 1. The van der Waals surface area contributed by atoms with E-state index in [0.717, 1.165) is 25.9 Å². The van der Waals surface area contributed by atoms with E-state index >= 15 is 0 Å². The summed E-state index contributed by atoms with van der Waals surface area (Å²) < 4.78 is 4.97. The monoisotopic (exact) mass is 273 g/mol. The Morgan fingerprint density at radius 2 is 2.15 bits per heavy atom. The molecule has 1 aromatic rings. The minimum Gasteiger partial charge on any atom is -0.469 e. The van der Waals surface area contributed by atoms with E-state index < -0.39 is 0 Å². The van der Waals surface area contributed by atoms with Gasteiger partial charge in [-0.15, -0.1) is 6.58 Å². The summed E-state index contributed by atoms with van der Waals surface area (Å²) in [7, 11) is 3.53. The van der Waals surface area contributed by atoms with E-state index in [0.29, 0.717) is 0 Å². The third-order valence-electron chi connectivity index (χ3n) is 4.11. The van der Waals surface area contributed by atoms with Crippen LogP contribution in [0.2, 0.25) is 0 Å². The Bertz CT molecular complexity index is 466. The number of benzene rings is 1. The Labute approximate surface area is 121 Å². The number of likely N-dealkylation sites (tertiary alicyclic amines) is 1. The van der Waals surface area contributed by atoms with Crippen LogP contribution in [-0.2, 0) is 16.0 Å². The molecule has 0 saturated carbocycles. The summed E-state index contributed by atoms with van der Waals surface area (Å²) in [5.74, 6) is 0.0946. The first-order valence-corrected chi connectivity index (χ1v) is 7.11. The molecule has 1 fully saturated rings. The van der Waals surface area contributed by atoms with Crippen LogP contribution in [0.15, 0.2) is 36.9 Å². The van der Waals surface area contributed by atoms with Crippen molar-refractivity contribution in [3.8, 4) is 0 Å². The smallest absolute Gasteiger partial charge is 0.310 e. The van der Waals surface area contributed by atoms with Gasteiger partial charge in [-0.25, -0.2) is 0 Å². The highest BCUT2D eigenvalue weighted by molar-refractivity contribution is 5.74. The summed E-state index contributed by atoms with van der Waals surface area (Å²) in [5, 5.41) is 0. The maximum absolute atomic E-state index is 12.0. The Morgan fingerprint density at radius 3 is 2.75 bits per heavy atom. The predicted octanol–water partition coefficient (Wildman–Crippen LogP) is 2.62. The topological polar surface area (TPSA) is 29.5 Å². The Morgan fingerprint density at radius 1 is 1.45 bits per heavy atom. The lowest BCUT2D eigenvalue weighted by atomic mass is 9.80. The number of allylic oxidation sites excluding steroid dienone is 1. The molecule has 0 N–H and O–H groups in total. The molecule has 0 unspecified atom stereocenters. The molecule has 2 rings (SSSR count). The van der Waals surface area contributed by atoms with Gasteiger partial charge in [-0.3, -0.25) is 4.79 Å². The van der Waals surface area contributed by atoms with E-state index in [1.165, 1.54) is 18.2 Å². The van der Waals surface area contributed by atoms with E-state index in [1.807, 2.05) is 6.08 Å². The van der Waals surface area contributed by atoms with Crippen molar-refractivity contribution in [3.63, 3.8) is 0 Å². The largest absolute Gasteiger partial charge is 0.469 e. The molecule has 1 aliphatic rings. The number of carbonyl (C=O) groups is 1. The molecule has 3 heteroatoms. The molecule has 1 aromatic carbocycles.